The molecule has 0 aromatic carbocycles. The molecule has 2 heterocycles. The van der Waals surface area contributed by atoms with Gasteiger partial charge in [0.25, 0.3) is 5.56 Å². The number of nitrogens with one attached hydrogen (secondary N) is 2. The maximum Gasteiger partial charge on any atom is 0.408 e. The standard InChI is InChI=1S/C11H14BrF3N4O/c12-9-8(18-7-1-3-16-4-2-7)5-17-19(10(9)20)6-11(13,14)15/h5,7,16,18H,1-4,6H2. The zero-order valence-electron chi connectivity index (χ0n) is 10.5. The number of halogens is 4. The van der Waals surface area contributed by atoms with Gasteiger partial charge in [-0.05, 0) is 41.9 Å². The van der Waals surface area contributed by atoms with E-state index in [-0.39, 0.29) is 10.5 Å². The molecule has 1 aromatic rings. The van der Waals surface area contributed by atoms with Gasteiger partial charge in [0.2, 0.25) is 0 Å². The molecule has 0 amide bonds. The molecule has 1 fully saturated rings. The molecule has 20 heavy (non-hydrogen) atoms. The fourth-order valence-electron chi connectivity index (χ4n) is 2.03. The third-order valence-corrected chi connectivity index (χ3v) is 3.78. The van der Waals surface area contributed by atoms with Crippen LogP contribution in [0.2, 0.25) is 0 Å². The number of piperidine rings is 1. The molecule has 0 atom stereocenters. The van der Waals surface area contributed by atoms with Crippen molar-refractivity contribution in [3.05, 3.63) is 21.0 Å². The lowest BCUT2D eigenvalue weighted by molar-refractivity contribution is -0.143. The van der Waals surface area contributed by atoms with Gasteiger partial charge >= 0.3 is 6.18 Å². The van der Waals surface area contributed by atoms with E-state index in [4.69, 9.17) is 0 Å². The van der Waals surface area contributed by atoms with Gasteiger partial charge in [-0.25, -0.2) is 4.68 Å². The van der Waals surface area contributed by atoms with E-state index in [1.807, 2.05) is 0 Å². The normalized spacial score (nSPS) is 17.2. The Hall–Kier alpha value is -1.09. The Balaban J connectivity index is 2.15. The molecule has 1 aromatic heterocycles. The van der Waals surface area contributed by atoms with Crippen molar-refractivity contribution in [2.75, 3.05) is 18.4 Å². The van der Waals surface area contributed by atoms with E-state index in [0.717, 1.165) is 25.9 Å². The van der Waals surface area contributed by atoms with Crippen molar-refractivity contribution in [3.63, 3.8) is 0 Å². The SMILES string of the molecule is O=c1c(Br)c(NC2CCNCC2)cnn1CC(F)(F)F. The Morgan fingerprint density at radius 1 is 1.45 bits per heavy atom. The second kappa shape index (κ2) is 6.13. The van der Waals surface area contributed by atoms with Crippen LogP contribution in [-0.2, 0) is 6.54 Å². The minimum atomic E-state index is -4.47. The lowest BCUT2D eigenvalue weighted by atomic mass is 10.1. The molecule has 112 valence electrons. The topological polar surface area (TPSA) is 59.0 Å². The summed E-state index contributed by atoms with van der Waals surface area (Å²) >= 11 is 3.05. The van der Waals surface area contributed by atoms with Gasteiger partial charge < -0.3 is 10.6 Å². The molecule has 0 spiro atoms. The first kappa shape index (κ1) is 15.3. The Kier molecular flexibility index (Phi) is 4.69. The van der Waals surface area contributed by atoms with E-state index in [1.54, 1.807) is 0 Å². The van der Waals surface area contributed by atoms with Gasteiger partial charge in [0, 0.05) is 6.04 Å². The molecular formula is C11H14BrF3N4O. The van der Waals surface area contributed by atoms with Crippen molar-refractivity contribution in [2.24, 2.45) is 0 Å². The van der Waals surface area contributed by atoms with Crippen molar-refractivity contribution >= 4 is 21.6 Å². The Bertz CT molecular complexity index is 525. The van der Waals surface area contributed by atoms with E-state index in [2.05, 4.69) is 31.7 Å². The molecule has 9 heteroatoms. The lowest BCUT2D eigenvalue weighted by Gasteiger charge is -2.25. The summed E-state index contributed by atoms with van der Waals surface area (Å²) in [4.78, 5) is 11.8. The number of alkyl halides is 3. The summed E-state index contributed by atoms with van der Waals surface area (Å²) in [6.45, 7) is 0.347. The molecule has 0 saturated carbocycles. The number of hydrogen-bond acceptors (Lipinski definition) is 4. The highest BCUT2D eigenvalue weighted by molar-refractivity contribution is 9.10. The number of nitrogens with zero attached hydrogens (tertiary/aromatic N) is 2. The van der Waals surface area contributed by atoms with E-state index in [1.165, 1.54) is 6.20 Å². The minimum Gasteiger partial charge on any atom is -0.380 e. The highest BCUT2D eigenvalue weighted by atomic mass is 79.9. The summed E-state index contributed by atoms with van der Waals surface area (Å²) in [5, 5.41) is 9.91. The maximum atomic E-state index is 12.3. The Morgan fingerprint density at radius 2 is 2.10 bits per heavy atom. The van der Waals surface area contributed by atoms with Crippen LogP contribution in [0.25, 0.3) is 0 Å². The quantitative estimate of drug-likeness (QED) is 0.867. The molecule has 2 rings (SSSR count). The Morgan fingerprint density at radius 3 is 2.70 bits per heavy atom. The first-order chi connectivity index (χ1) is 9.37. The zero-order valence-corrected chi connectivity index (χ0v) is 12.1. The number of hydrogen-bond donors (Lipinski definition) is 2. The van der Waals surface area contributed by atoms with Crippen LogP contribution >= 0.6 is 15.9 Å². The fraction of sp³-hybridized carbons (Fsp3) is 0.636. The second-order valence-electron chi connectivity index (χ2n) is 4.62. The van der Waals surface area contributed by atoms with Crippen LogP contribution in [0.3, 0.4) is 0 Å². The summed E-state index contributed by atoms with van der Waals surface area (Å²) in [6.07, 6.45) is -1.45. The van der Waals surface area contributed by atoms with Gasteiger partial charge in [0.1, 0.15) is 11.0 Å². The van der Waals surface area contributed by atoms with E-state index in [9.17, 15) is 18.0 Å². The van der Waals surface area contributed by atoms with Crippen molar-refractivity contribution in [1.29, 1.82) is 0 Å². The van der Waals surface area contributed by atoms with Gasteiger partial charge in [-0.3, -0.25) is 4.79 Å². The van der Waals surface area contributed by atoms with Crippen molar-refractivity contribution in [3.8, 4) is 0 Å². The smallest absolute Gasteiger partial charge is 0.380 e. The average molecular weight is 355 g/mol. The van der Waals surface area contributed by atoms with E-state index in [0.29, 0.717) is 10.4 Å². The third-order valence-electron chi connectivity index (χ3n) is 3.01. The fourth-order valence-corrected chi connectivity index (χ4v) is 2.46. The monoisotopic (exact) mass is 354 g/mol. The van der Waals surface area contributed by atoms with Crippen molar-refractivity contribution in [1.82, 2.24) is 15.1 Å². The largest absolute Gasteiger partial charge is 0.408 e. The number of anilines is 1. The van der Waals surface area contributed by atoms with Crippen LogP contribution < -0.4 is 16.2 Å². The zero-order chi connectivity index (χ0) is 14.8. The predicted molar refractivity (Wildman–Crippen MR) is 71.8 cm³/mol. The highest BCUT2D eigenvalue weighted by Gasteiger charge is 2.29. The second-order valence-corrected chi connectivity index (χ2v) is 5.41. The number of rotatable bonds is 3. The maximum absolute atomic E-state index is 12.3. The van der Waals surface area contributed by atoms with E-state index >= 15 is 0 Å². The molecule has 1 aliphatic rings. The Labute approximate surface area is 121 Å². The molecular weight excluding hydrogens is 341 g/mol. The van der Waals surface area contributed by atoms with Gasteiger partial charge in [-0.1, -0.05) is 0 Å². The molecule has 2 N–H and O–H groups in total. The highest BCUT2D eigenvalue weighted by Crippen LogP contribution is 2.21. The summed E-state index contributed by atoms with van der Waals surface area (Å²) in [7, 11) is 0. The van der Waals surface area contributed by atoms with Gasteiger partial charge in [0.05, 0.1) is 11.9 Å². The molecule has 1 saturated heterocycles. The summed E-state index contributed by atoms with van der Waals surface area (Å²) in [6, 6.07) is 0.187. The third kappa shape index (κ3) is 3.95. The first-order valence-electron chi connectivity index (χ1n) is 6.16. The molecule has 0 unspecified atom stereocenters. The van der Waals surface area contributed by atoms with Crippen LogP contribution in [0.4, 0.5) is 18.9 Å². The van der Waals surface area contributed by atoms with Crippen LogP contribution in [0.15, 0.2) is 15.5 Å². The predicted octanol–water partition coefficient (Wildman–Crippen LogP) is 1.73. The van der Waals surface area contributed by atoms with Crippen molar-refractivity contribution in [2.45, 2.75) is 31.6 Å². The van der Waals surface area contributed by atoms with Crippen LogP contribution in [0.5, 0.6) is 0 Å². The average Bonchev–Trinajstić information content (AvgIpc) is 2.38. The van der Waals surface area contributed by atoms with Gasteiger partial charge in [-0.2, -0.15) is 18.3 Å². The number of aromatic nitrogens is 2. The van der Waals surface area contributed by atoms with Crippen LogP contribution in [0.1, 0.15) is 12.8 Å². The minimum absolute atomic E-state index is 0.0790. The van der Waals surface area contributed by atoms with Gasteiger partial charge in [0.15, 0.2) is 0 Å². The summed E-state index contributed by atoms with van der Waals surface area (Å²) in [5.41, 5.74) is -0.360. The molecule has 5 nitrogen and oxygen atoms in total. The molecule has 0 aliphatic carbocycles. The first-order valence-corrected chi connectivity index (χ1v) is 6.96. The molecule has 1 aliphatic heterocycles. The van der Waals surface area contributed by atoms with E-state index < -0.39 is 18.3 Å². The van der Waals surface area contributed by atoms with Crippen LogP contribution in [-0.4, -0.2) is 35.1 Å². The lowest BCUT2D eigenvalue weighted by Crippen LogP contribution is -2.36. The van der Waals surface area contributed by atoms with Gasteiger partial charge in [-0.15, -0.1) is 0 Å². The molecule has 0 radical (unpaired) electrons. The summed E-state index contributed by atoms with van der Waals surface area (Å²) < 4.78 is 37.3. The molecule has 0 bridgehead atoms. The van der Waals surface area contributed by atoms with Crippen LogP contribution in [0, 0.1) is 0 Å². The van der Waals surface area contributed by atoms with Crippen molar-refractivity contribution < 1.29 is 13.2 Å². The summed E-state index contributed by atoms with van der Waals surface area (Å²) in [5.74, 6) is 0.